The van der Waals surface area contributed by atoms with Crippen molar-refractivity contribution >= 4 is 22.7 Å². The van der Waals surface area contributed by atoms with Gasteiger partial charge in [-0.1, -0.05) is 36.8 Å². The monoisotopic (exact) mass is 366 g/mol. The van der Waals surface area contributed by atoms with Crippen LogP contribution in [0.15, 0.2) is 46.9 Å². The second-order valence-corrected chi connectivity index (χ2v) is 6.59. The van der Waals surface area contributed by atoms with Crippen LogP contribution in [0.4, 0.5) is 0 Å². The predicted octanol–water partition coefficient (Wildman–Crippen LogP) is 4.33. The normalized spacial score (nSPS) is 12.0. The Kier molecular flexibility index (Phi) is 5.31. The minimum Gasteiger partial charge on any atom is -0.497 e. The van der Waals surface area contributed by atoms with Crippen LogP contribution in [0.5, 0.6) is 5.75 Å². The Balaban J connectivity index is 2.13. The molecule has 0 fully saturated rings. The number of esters is 1. The lowest BCUT2D eigenvalue weighted by atomic mass is 9.95. The molecular weight excluding hydrogens is 344 g/mol. The molecule has 3 rings (SSSR count). The zero-order chi connectivity index (χ0) is 19.6. The molecular formula is C22H22O5. The highest BCUT2D eigenvalue weighted by molar-refractivity contribution is 6.17. The van der Waals surface area contributed by atoms with E-state index in [1.807, 2.05) is 19.1 Å². The molecule has 5 heteroatoms. The topological polar surface area (TPSA) is 65.7 Å². The van der Waals surface area contributed by atoms with Gasteiger partial charge in [-0.3, -0.25) is 9.59 Å². The summed E-state index contributed by atoms with van der Waals surface area (Å²) in [7, 11) is 2.92. The molecule has 0 aliphatic rings. The molecule has 0 saturated heterocycles. The summed E-state index contributed by atoms with van der Waals surface area (Å²) in [6, 6.07) is 12.7. The number of hydrogen-bond acceptors (Lipinski definition) is 5. The molecule has 0 aliphatic heterocycles. The molecule has 1 heterocycles. The summed E-state index contributed by atoms with van der Waals surface area (Å²) in [6.45, 7) is 3.72. The van der Waals surface area contributed by atoms with E-state index in [1.54, 1.807) is 44.4 Å². The number of fused-ring (bicyclic) bond motifs is 1. The van der Waals surface area contributed by atoms with Crippen molar-refractivity contribution in [3.63, 3.8) is 0 Å². The fourth-order valence-corrected chi connectivity index (χ4v) is 3.06. The number of methoxy groups -OCH3 is 2. The van der Waals surface area contributed by atoms with Crippen LogP contribution in [0.3, 0.4) is 0 Å². The van der Waals surface area contributed by atoms with Gasteiger partial charge in [0.25, 0.3) is 0 Å². The van der Waals surface area contributed by atoms with Gasteiger partial charge in [0.05, 0.1) is 25.7 Å². The maximum absolute atomic E-state index is 13.3. The lowest BCUT2D eigenvalue weighted by molar-refractivity contribution is -0.144. The number of benzene rings is 2. The van der Waals surface area contributed by atoms with Gasteiger partial charge in [0.15, 0.2) is 5.78 Å². The Hall–Kier alpha value is -3.08. The van der Waals surface area contributed by atoms with E-state index in [4.69, 9.17) is 13.9 Å². The predicted molar refractivity (Wildman–Crippen MR) is 102 cm³/mol. The first-order valence-electron chi connectivity index (χ1n) is 8.73. The molecule has 0 aliphatic carbocycles. The van der Waals surface area contributed by atoms with Gasteiger partial charge in [0, 0.05) is 17.4 Å². The SMILES string of the molecule is COC(=O)C(C)Cc1oc2ccc(OC)cc2c1C(=O)c1ccc(C)cc1. The van der Waals surface area contributed by atoms with Crippen LogP contribution in [0, 0.1) is 12.8 Å². The fourth-order valence-electron chi connectivity index (χ4n) is 3.06. The molecule has 0 bridgehead atoms. The van der Waals surface area contributed by atoms with Gasteiger partial charge in [0.2, 0.25) is 0 Å². The highest BCUT2D eigenvalue weighted by Gasteiger charge is 2.26. The van der Waals surface area contributed by atoms with Crippen LogP contribution in [-0.2, 0) is 16.0 Å². The minimum absolute atomic E-state index is 0.144. The van der Waals surface area contributed by atoms with E-state index in [2.05, 4.69) is 0 Å². The van der Waals surface area contributed by atoms with E-state index >= 15 is 0 Å². The quantitative estimate of drug-likeness (QED) is 0.480. The molecule has 5 nitrogen and oxygen atoms in total. The number of furan rings is 1. The molecule has 1 unspecified atom stereocenters. The Morgan fingerprint density at radius 1 is 1.07 bits per heavy atom. The van der Waals surface area contributed by atoms with Gasteiger partial charge >= 0.3 is 5.97 Å². The van der Waals surface area contributed by atoms with Crippen molar-refractivity contribution in [1.29, 1.82) is 0 Å². The molecule has 0 spiro atoms. The average molecular weight is 366 g/mol. The summed E-state index contributed by atoms with van der Waals surface area (Å²) in [5.41, 5.74) is 2.68. The highest BCUT2D eigenvalue weighted by Crippen LogP contribution is 2.32. The largest absolute Gasteiger partial charge is 0.497 e. The third-order valence-corrected chi connectivity index (χ3v) is 4.60. The van der Waals surface area contributed by atoms with Gasteiger partial charge in [-0.2, -0.15) is 0 Å². The molecule has 1 aromatic heterocycles. The first kappa shape index (κ1) is 18.7. The molecule has 0 N–H and O–H groups in total. The smallest absolute Gasteiger partial charge is 0.308 e. The molecule has 0 amide bonds. The number of carbonyl (C=O) groups is 2. The second kappa shape index (κ2) is 7.66. The number of hydrogen-bond donors (Lipinski definition) is 0. The number of rotatable bonds is 6. The van der Waals surface area contributed by atoms with Gasteiger partial charge < -0.3 is 13.9 Å². The zero-order valence-electron chi connectivity index (χ0n) is 15.9. The van der Waals surface area contributed by atoms with Crippen molar-refractivity contribution in [3.8, 4) is 5.75 Å². The lowest BCUT2D eigenvalue weighted by Crippen LogP contribution is -2.16. The number of ketones is 1. The summed E-state index contributed by atoms with van der Waals surface area (Å²) in [6.07, 6.45) is 0.274. The molecule has 3 aromatic rings. The minimum atomic E-state index is -0.429. The maximum atomic E-state index is 13.3. The third-order valence-electron chi connectivity index (χ3n) is 4.60. The van der Waals surface area contributed by atoms with Crippen molar-refractivity contribution < 1.29 is 23.5 Å². The van der Waals surface area contributed by atoms with Crippen molar-refractivity contribution in [2.45, 2.75) is 20.3 Å². The molecule has 140 valence electrons. The van der Waals surface area contributed by atoms with Crippen LogP contribution in [0.25, 0.3) is 11.0 Å². The molecule has 0 radical (unpaired) electrons. The van der Waals surface area contributed by atoms with E-state index < -0.39 is 5.92 Å². The molecule has 2 aromatic carbocycles. The molecule has 27 heavy (non-hydrogen) atoms. The average Bonchev–Trinajstić information content (AvgIpc) is 3.03. The van der Waals surface area contributed by atoms with E-state index in [9.17, 15) is 9.59 Å². The summed E-state index contributed by atoms with van der Waals surface area (Å²) in [5.74, 6) is 0.188. The first-order chi connectivity index (χ1) is 12.9. The number of aryl methyl sites for hydroxylation is 1. The van der Waals surface area contributed by atoms with Crippen LogP contribution in [0.1, 0.15) is 34.2 Å². The van der Waals surface area contributed by atoms with Crippen molar-refractivity contribution in [1.82, 2.24) is 0 Å². The van der Waals surface area contributed by atoms with E-state index in [1.165, 1.54) is 7.11 Å². The Labute approximate surface area is 157 Å². The van der Waals surface area contributed by atoms with Gasteiger partial charge in [-0.25, -0.2) is 0 Å². The number of carbonyl (C=O) groups excluding carboxylic acids is 2. The highest BCUT2D eigenvalue weighted by atomic mass is 16.5. The van der Waals surface area contributed by atoms with E-state index in [0.29, 0.717) is 33.6 Å². The third kappa shape index (κ3) is 3.72. The van der Waals surface area contributed by atoms with Crippen LogP contribution in [-0.4, -0.2) is 26.0 Å². The Morgan fingerprint density at radius 3 is 2.41 bits per heavy atom. The summed E-state index contributed by atoms with van der Waals surface area (Å²) in [5, 5.41) is 0.673. The van der Waals surface area contributed by atoms with E-state index in [0.717, 1.165) is 5.56 Å². The fraction of sp³-hybridized carbons (Fsp3) is 0.273. The molecule has 0 saturated carbocycles. The van der Waals surface area contributed by atoms with Gasteiger partial charge in [-0.05, 0) is 25.1 Å². The summed E-state index contributed by atoms with van der Waals surface area (Å²) < 4.78 is 16.1. The van der Waals surface area contributed by atoms with Crippen molar-refractivity contribution in [2.75, 3.05) is 14.2 Å². The van der Waals surface area contributed by atoms with Crippen LogP contribution >= 0.6 is 0 Å². The first-order valence-corrected chi connectivity index (χ1v) is 8.73. The van der Waals surface area contributed by atoms with Crippen LogP contribution < -0.4 is 4.74 Å². The lowest BCUT2D eigenvalue weighted by Gasteiger charge is -2.09. The summed E-state index contributed by atoms with van der Waals surface area (Å²) >= 11 is 0. The Morgan fingerprint density at radius 2 is 1.78 bits per heavy atom. The van der Waals surface area contributed by atoms with Crippen molar-refractivity contribution in [3.05, 3.63) is 64.9 Å². The maximum Gasteiger partial charge on any atom is 0.308 e. The number of ether oxygens (including phenoxy) is 2. The zero-order valence-corrected chi connectivity index (χ0v) is 15.9. The standard InChI is InChI=1S/C22H22O5/c1-13-5-7-15(8-6-13)21(23)20-17-12-16(25-3)9-10-18(17)27-19(20)11-14(2)22(24)26-4/h5-10,12,14H,11H2,1-4H3. The van der Waals surface area contributed by atoms with Crippen molar-refractivity contribution in [2.24, 2.45) is 5.92 Å². The van der Waals surface area contributed by atoms with Gasteiger partial charge in [0.1, 0.15) is 17.1 Å². The second-order valence-electron chi connectivity index (χ2n) is 6.59. The van der Waals surface area contributed by atoms with E-state index in [-0.39, 0.29) is 18.2 Å². The van der Waals surface area contributed by atoms with Crippen LogP contribution in [0.2, 0.25) is 0 Å². The molecule has 1 atom stereocenters. The summed E-state index contributed by atoms with van der Waals surface area (Å²) in [4.78, 5) is 25.1. The Bertz CT molecular complexity index is 982. The van der Waals surface area contributed by atoms with Gasteiger partial charge in [-0.15, -0.1) is 0 Å².